The van der Waals surface area contributed by atoms with Crippen LogP contribution in [-0.2, 0) is 114 Å². The molecule has 0 aromatic rings. The second-order valence-electron chi connectivity index (χ2n) is 33.8. The van der Waals surface area contributed by atoms with Gasteiger partial charge in [-0.05, 0) is 219 Å². The zero-order valence-electron chi connectivity index (χ0n) is 62.4. The van der Waals surface area contributed by atoms with Gasteiger partial charge < -0.3 is 80.5 Å². The summed E-state index contributed by atoms with van der Waals surface area (Å²) in [6.07, 6.45) is 5.39. The molecule has 11 aliphatic rings. The molecule has 0 spiro atoms. The van der Waals surface area contributed by atoms with E-state index in [9.17, 15) is 43.2 Å². The summed E-state index contributed by atoms with van der Waals surface area (Å²) >= 11 is 0. The van der Waals surface area contributed by atoms with Crippen LogP contribution in [0.3, 0.4) is 0 Å². The lowest BCUT2D eigenvalue weighted by atomic mass is 9.48. The van der Waals surface area contributed by atoms with Crippen LogP contribution in [-0.4, -0.2) is 175 Å². The fourth-order valence-electron chi connectivity index (χ4n) is 16.4. The molecule has 0 amide bonds. The van der Waals surface area contributed by atoms with Crippen molar-refractivity contribution in [3.8, 4) is 0 Å². The van der Waals surface area contributed by atoms with Crippen LogP contribution in [0.5, 0.6) is 0 Å². The Morgan fingerprint density at radius 1 is 0.380 bits per heavy atom. The largest absolute Gasteiger partial charge is 0.508 e. The van der Waals surface area contributed by atoms with Crippen molar-refractivity contribution in [1.82, 2.24) is 0 Å². The molecule has 8 bridgehead atoms. The van der Waals surface area contributed by atoms with Gasteiger partial charge in [-0.3, -0.25) is 14.4 Å². The summed E-state index contributed by atoms with van der Waals surface area (Å²) in [5.41, 5.74) is -2.98. The minimum absolute atomic E-state index is 0.0114. The molecule has 10 unspecified atom stereocenters. The Morgan fingerprint density at radius 2 is 0.740 bits per heavy atom. The molecule has 3 saturated heterocycles. The quantitative estimate of drug-likeness (QED) is 0.0552. The van der Waals surface area contributed by atoms with E-state index in [1.165, 1.54) is 6.92 Å². The van der Waals surface area contributed by atoms with Crippen LogP contribution in [0.1, 0.15) is 227 Å². The van der Waals surface area contributed by atoms with E-state index >= 15 is 0 Å². The number of hydrogen-bond donors (Lipinski definition) is 0. The highest BCUT2D eigenvalue weighted by atomic mass is 16.8. The molecular formula is C74H112O26. The molecule has 0 radical (unpaired) electrons. The van der Waals surface area contributed by atoms with E-state index in [0.29, 0.717) is 60.7 Å². The van der Waals surface area contributed by atoms with Gasteiger partial charge in [0.05, 0.1) is 38.1 Å². The standard InChI is InChI=1S/C28H42O9.C27H40O9.C19H30O8/c1-17(2)23(30)33-16-27-10-18-8-19(11-27)13-28(12-18,15-27)37-24(31)32-14-21-20(34-26(6,7)35-21)9-22(29)36-25(3,4)5;1-16(2)22(29)35-26-10-17-8-18(11-26)13-27(12-17,15-26)36-23(30)31-14-20-19(32-25(6,7)33-20)9-21(28)34-24(3,4)5;1-12(2)17(22)24-11-16(21)23-10-14-8-13(25-19(6,7)26-14)9-15(20)27-18(3,4)5/h18-21H,1,8-16H2,2-7H3;17-20H,1,8-15H2,2-7H3;13-14H,1,8-11H2,2-7H3. The predicted molar refractivity (Wildman–Crippen MR) is 356 cm³/mol. The van der Waals surface area contributed by atoms with Crippen molar-refractivity contribution in [2.24, 2.45) is 29.1 Å². The maximum Gasteiger partial charge on any atom is 0.508 e. The highest BCUT2D eigenvalue weighted by molar-refractivity contribution is 5.89. The summed E-state index contributed by atoms with van der Waals surface area (Å²) < 4.78 is 95.5. The zero-order chi connectivity index (χ0) is 74.6. The smallest absolute Gasteiger partial charge is 0.462 e. The second kappa shape index (κ2) is 31.4. The lowest BCUT2D eigenvalue weighted by Gasteiger charge is -2.60. The molecule has 0 N–H and O–H groups in total. The van der Waals surface area contributed by atoms with Gasteiger partial charge in [-0.2, -0.15) is 0 Å². The third-order valence-electron chi connectivity index (χ3n) is 18.4. The molecule has 26 heteroatoms. The Bertz CT molecular complexity index is 3020. The minimum Gasteiger partial charge on any atom is -0.462 e. The number of ether oxygens (including phenoxy) is 17. The number of hydrogen-bond acceptors (Lipinski definition) is 26. The van der Waals surface area contributed by atoms with Gasteiger partial charge in [0.15, 0.2) is 24.0 Å². The van der Waals surface area contributed by atoms with Crippen molar-refractivity contribution in [2.45, 2.75) is 315 Å². The molecule has 11 rings (SSSR count). The van der Waals surface area contributed by atoms with Crippen LogP contribution < -0.4 is 0 Å². The van der Waals surface area contributed by atoms with Crippen molar-refractivity contribution in [1.29, 1.82) is 0 Å². The van der Waals surface area contributed by atoms with E-state index in [4.69, 9.17) is 80.5 Å². The molecule has 11 fully saturated rings. The van der Waals surface area contributed by atoms with E-state index in [1.54, 1.807) is 118 Å². The minimum atomic E-state index is -0.936. The SMILES string of the molecule is C=C(C)C(=O)OC12CC3CC(CC(OC(=O)OCC4OC(C)(C)OC4CC(=O)OC(C)(C)C)(C3)C1)C2.C=C(C)C(=O)OCC(=O)OCC1CC(CC(=O)OC(C)(C)C)OC(C)(C)O1.C=C(C)C(=O)OCC12CC3CC(C1)CC(OC(=O)OCC1OC(C)(C)OC1CC(=O)OC(C)(C)C)(C3)C2. The highest BCUT2D eigenvalue weighted by Gasteiger charge is 2.63. The third-order valence-corrected chi connectivity index (χ3v) is 18.4. The topological polar surface area (TPSA) is 311 Å². The maximum absolute atomic E-state index is 12.9. The average molecular weight is 1420 g/mol. The molecule has 0 aromatic carbocycles. The molecule has 10 atom stereocenters. The predicted octanol–water partition coefficient (Wildman–Crippen LogP) is 11.7. The van der Waals surface area contributed by atoms with Gasteiger partial charge in [-0.15, -0.1) is 0 Å². The van der Waals surface area contributed by atoms with Crippen molar-refractivity contribution in [2.75, 3.05) is 33.0 Å². The highest BCUT2D eigenvalue weighted by Crippen LogP contribution is 2.63. The molecule has 8 saturated carbocycles. The van der Waals surface area contributed by atoms with Crippen LogP contribution in [0.15, 0.2) is 36.5 Å². The second-order valence-corrected chi connectivity index (χ2v) is 33.8. The fourth-order valence-corrected chi connectivity index (χ4v) is 16.4. The summed E-state index contributed by atoms with van der Waals surface area (Å²) in [5.74, 6) is -4.56. The van der Waals surface area contributed by atoms with E-state index in [0.717, 1.165) is 64.2 Å². The van der Waals surface area contributed by atoms with E-state index in [1.807, 2.05) is 0 Å². The first-order chi connectivity index (χ1) is 45.9. The van der Waals surface area contributed by atoms with Crippen LogP contribution in [0.2, 0.25) is 0 Å². The third kappa shape index (κ3) is 24.5. The molecule has 8 aliphatic carbocycles. The van der Waals surface area contributed by atoms with Crippen LogP contribution in [0.4, 0.5) is 9.59 Å². The zero-order valence-corrected chi connectivity index (χ0v) is 62.4. The molecule has 26 nitrogen and oxygen atoms in total. The molecule has 3 aliphatic heterocycles. The van der Waals surface area contributed by atoms with Gasteiger partial charge in [-0.25, -0.2) is 28.8 Å². The van der Waals surface area contributed by atoms with Crippen molar-refractivity contribution < 1.29 is 124 Å². The van der Waals surface area contributed by atoms with E-state index in [-0.39, 0.29) is 62.0 Å². The molecule has 0 aromatic heterocycles. The Labute approximate surface area is 589 Å². The number of carbonyl (C=O) groups excluding carboxylic acids is 9. The maximum atomic E-state index is 12.9. The summed E-state index contributed by atoms with van der Waals surface area (Å²) in [4.78, 5) is 110. The Balaban J connectivity index is 0.000000214. The Hall–Kier alpha value is -6.19. The van der Waals surface area contributed by atoms with Gasteiger partial charge >= 0.3 is 54.1 Å². The average Bonchev–Trinajstić information content (AvgIpc) is 0.913. The van der Waals surface area contributed by atoms with Gasteiger partial charge in [0.2, 0.25) is 0 Å². The first kappa shape index (κ1) is 81.1. The van der Waals surface area contributed by atoms with Crippen LogP contribution in [0, 0.1) is 29.1 Å². The van der Waals surface area contributed by atoms with Crippen molar-refractivity contribution >= 4 is 54.1 Å². The van der Waals surface area contributed by atoms with Gasteiger partial charge in [0, 0.05) is 35.0 Å². The Morgan fingerprint density at radius 3 is 1.16 bits per heavy atom. The summed E-state index contributed by atoms with van der Waals surface area (Å²) in [6, 6.07) is 0. The molecular weight excluding hydrogens is 1300 g/mol. The molecule has 564 valence electrons. The van der Waals surface area contributed by atoms with Crippen LogP contribution >= 0.6 is 0 Å². The first-order valence-electron chi connectivity index (χ1n) is 35.0. The number of esters is 7. The molecule has 100 heavy (non-hydrogen) atoms. The fraction of sp³-hybridized carbons (Fsp3) is 0.797. The summed E-state index contributed by atoms with van der Waals surface area (Å²) in [7, 11) is 0. The lowest BCUT2D eigenvalue weighted by Crippen LogP contribution is -2.61. The normalized spacial score (nSPS) is 32.1. The van der Waals surface area contributed by atoms with Crippen LogP contribution in [0.25, 0.3) is 0 Å². The monoisotopic (exact) mass is 1420 g/mol. The summed E-state index contributed by atoms with van der Waals surface area (Å²) in [6.45, 7) is 41.7. The van der Waals surface area contributed by atoms with E-state index in [2.05, 4.69) is 19.7 Å². The van der Waals surface area contributed by atoms with Crippen molar-refractivity contribution in [3.05, 3.63) is 36.5 Å². The first-order valence-corrected chi connectivity index (χ1v) is 35.0. The van der Waals surface area contributed by atoms with Gasteiger partial charge in [0.25, 0.3) is 0 Å². The number of rotatable bonds is 22. The molecule has 3 heterocycles. The van der Waals surface area contributed by atoms with Gasteiger partial charge in [-0.1, -0.05) is 19.7 Å². The number of carbonyl (C=O) groups is 9. The van der Waals surface area contributed by atoms with E-state index < -0.39 is 136 Å². The van der Waals surface area contributed by atoms with Crippen molar-refractivity contribution in [3.63, 3.8) is 0 Å². The van der Waals surface area contributed by atoms with Gasteiger partial charge in [0.1, 0.15) is 77.8 Å². The summed E-state index contributed by atoms with van der Waals surface area (Å²) in [5, 5.41) is 0. The Kier molecular flexibility index (Phi) is 25.5. The lowest BCUT2D eigenvalue weighted by molar-refractivity contribution is -0.305.